The lowest BCUT2D eigenvalue weighted by Crippen LogP contribution is -2.33. The summed E-state index contributed by atoms with van der Waals surface area (Å²) in [6.45, 7) is 1.51. The van der Waals surface area contributed by atoms with Crippen molar-refractivity contribution in [3.8, 4) is 5.75 Å². The van der Waals surface area contributed by atoms with Gasteiger partial charge >= 0.3 is 0 Å². The monoisotopic (exact) mass is 310 g/mol. The molecule has 0 aromatic heterocycles. The molecule has 1 atom stereocenters. The zero-order valence-electron chi connectivity index (χ0n) is 13.1. The minimum atomic E-state index is -0.369. The van der Waals surface area contributed by atoms with Crippen molar-refractivity contribution in [1.82, 2.24) is 0 Å². The Labute approximate surface area is 134 Å². The van der Waals surface area contributed by atoms with Gasteiger partial charge in [-0.25, -0.2) is 0 Å². The standard InChI is InChI=1S/C18H18N2O3/c1-12(21)20-16-9-4-3-8-15(16)19-18(22)11-17(20)13-6-5-7-14(10-13)23-2/h3-10,17H,11H2,1-2H3,(H,19,22)/t17-/m0/s1. The molecule has 3 rings (SSSR count). The third-order valence-electron chi connectivity index (χ3n) is 3.95. The van der Waals surface area contributed by atoms with E-state index in [9.17, 15) is 9.59 Å². The van der Waals surface area contributed by atoms with Gasteiger partial charge in [0.25, 0.3) is 0 Å². The molecular weight excluding hydrogens is 292 g/mol. The second-order valence-corrected chi connectivity index (χ2v) is 5.45. The first-order chi connectivity index (χ1) is 11.1. The molecule has 0 unspecified atom stereocenters. The van der Waals surface area contributed by atoms with Gasteiger partial charge in [-0.15, -0.1) is 0 Å². The number of ether oxygens (including phenoxy) is 1. The van der Waals surface area contributed by atoms with E-state index in [0.29, 0.717) is 17.1 Å². The molecule has 0 fully saturated rings. The maximum Gasteiger partial charge on any atom is 0.226 e. The SMILES string of the molecule is COc1cccc([C@@H]2CC(=O)Nc3ccccc3N2C(C)=O)c1. The second kappa shape index (κ2) is 6.12. The number of rotatable bonds is 2. The number of hydrogen-bond acceptors (Lipinski definition) is 3. The number of anilines is 2. The van der Waals surface area contributed by atoms with Gasteiger partial charge in [-0.2, -0.15) is 0 Å². The summed E-state index contributed by atoms with van der Waals surface area (Å²) in [5.41, 5.74) is 2.23. The van der Waals surface area contributed by atoms with Crippen LogP contribution in [0.2, 0.25) is 0 Å². The van der Waals surface area contributed by atoms with Crippen molar-refractivity contribution in [1.29, 1.82) is 0 Å². The molecule has 118 valence electrons. The smallest absolute Gasteiger partial charge is 0.226 e. The Morgan fingerprint density at radius 3 is 2.74 bits per heavy atom. The lowest BCUT2D eigenvalue weighted by Gasteiger charge is -2.29. The first-order valence-electron chi connectivity index (χ1n) is 7.43. The molecule has 5 nitrogen and oxygen atoms in total. The average Bonchev–Trinajstić information content (AvgIpc) is 2.70. The van der Waals surface area contributed by atoms with Gasteiger partial charge < -0.3 is 15.0 Å². The Bertz CT molecular complexity index is 757. The van der Waals surface area contributed by atoms with Crippen LogP contribution in [0.15, 0.2) is 48.5 Å². The minimum absolute atomic E-state index is 0.109. The molecule has 1 N–H and O–H groups in total. The topological polar surface area (TPSA) is 58.6 Å². The van der Waals surface area contributed by atoms with Crippen LogP contribution < -0.4 is 15.0 Å². The lowest BCUT2D eigenvalue weighted by molar-refractivity contribution is -0.118. The van der Waals surface area contributed by atoms with E-state index in [-0.39, 0.29) is 24.3 Å². The van der Waals surface area contributed by atoms with Crippen LogP contribution in [0.1, 0.15) is 24.9 Å². The molecule has 2 aromatic rings. The number of nitrogens with one attached hydrogen (secondary N) is 1. The molecular formula is C18H18N2O3. The summed E-state index contributed by atoms with van der Waals surface area (Å²) in [5, 5.41) is 2.87. The highest BCUT2D eigenvalue weighted by atomic mass is 16.5. The summed E-state index contributed by atoms with van der Waals surface area (Å²) in [6.07, 6.45) is 0.196. The van der Waals surface area contributed by atoms with Crippen molar-refractivity contribution in [2.24, 2.45) is 0 Å². The van der Waals surface area contributed by atoms with Crippen molar-refractivity contribution in [2.45, 2.75) is 19.4 Å². The quantitative estimate of drug-likeness (QED) is 0.927. The van der Waals surface area contributed by atoms with Crippen LogP contribution in [0, 0.1) is 0 Å². The number of hydrogen-bond donors (Lipinski definition) is 1. The fraction of sp³-hybridized carbons (Fsp3) is 0.222. The highest BCUT2D eigenvalue weighted by Gasteiger charge is 2.31. The van der Waals surface area contributed by atoms with Crippen LogP contribution in [-0.4, -0.2) is 18.9 Å². The molecule has 2 amide bonds. The van der Waals surface area contributed by atoms with Gasteiger partial charge in [-0.1, -0.05) is 24.3 Å². The Morgan fingerprint density at radius 2 is 2.00 bits per heavy atom. The summed E-state index contributed by atoms with van der Waals surface area (Å²) in [4.78, 5) is 26.3. The summed E-state index contributed by atoms with van der Waals surface area (Å²) >= 11 is 0. The minimum Gasteiger partial charge on any atom is -0.497 e. The maximum absolute atomic E-state index is 12.3. The number of amides is 2. The van der Waals surface area contributed by atoms with Gasteiger partial charge in [0, 0.05) is 6.92 Å². The highest BCUT2D eigenvalue weighted by molar-refractivity contribution is 6.03. The molecule has 23 heavy (non-hydrogen) atoms. The number of methoxy groups -OCH3 is 1. The number of carbonyl (C=O) groups is 2. The van der Waals surface area contributed by atoms with Crippen molar-refractivity contribution in [3.05, 3.63) is 54.1 Å². The molecule has 0 spiro atoms. The molecule has 0 bridgehead atoms. The zero-order valence-corrected chi connectivity index (χ0v) is 13.1. The summed E-state index contributed by atoms with van der Waals surface area (Å²) in [5.74, 6) is 0.472. The van der Waals surface area contributed by atoms with E-state index in [0.717, 1.165) is 5.56 Å². The fourth-order valence-corrected chi connectivity index (χ4v) is 2.93. The first-order valence-corrected chi connectivity index (χ1v) is 7.43. The van der Waals surface area contributed by atoms with E-state index >= 15 is 0 Å². The third kappa shape index (κ3) is 2.90. The zero-order chi connectivity index (χ0) is 16.4. The lowest BCUT2D eigenvalue weighted by atomic mass is 10.0. The summed E-state index contributed by atoms with van der Waals surface area (Å²) in [7, 11) is 1.59. The third-order valence-corrected chi connectivity index (χ3v) is 3.95. The molecule has 0 saturated carbocycles. The van der Waals surface area contributed by atoms with E-state index in [4.69, 9.17) is 4.74 Å². The van der Waals surface area contributed by atoms with Gasteiger partial charge in [0.05, 0.1) is 30.9 Å². The van der Waals surface area contributed by atoms with Crippen molar-refractivity contribution in [2.75, 3.05) is 17.3 Å². The molecule has 0 aliphatic carbocycles. The summed E-state index contributed by atoms with van der Waals surface area (Å²) in [6, 6.07) is 14.4. The Hall–Kier alpha value is -2.82. The molecule has 1 heterocycles. The molecule has 2 aromatic carbocycles. The van der Waals surface area contributed by atoms with Crippen LogP contribution in [-0.2, 0) is 9.59 Å². The van der Waals surface area contributed by atoms with Gasteiger partial charge in [0.15, 0.2) is 0 Å². The van der Waals surface area contributed by atoms with Crippen LogP contribution in [0.25, 0.3) is 0 Å². The number of nitrogens with zero attached hydrogens (tertiary/aromatic N) is 1. The van der Waals surface area contributed by atoms with E-state index in [1.165, 1.54) is 6.92 Å². The van der Waals surface area contributed by atoms with Crippen LogP contribution in [0.3, 0.4) is 0 Å². The summed E-state index contributed by atoms with van der Waals surface area (Å²) < 4.78 is 5.26. The average molecular weight is 310 g/mol. The van der Waals surface area contributed by atoms with E-state index in [2.05, 4.69) is 5.32 Å². The number of carbonyl (C=O) groups excluding carboxylic acids is 2. The van der Waals surface area contributed by atoms with Crippen molar-refractivity contribution < 1.29 is 14.3 Å². The predicted molar refractivity (Wildman–Crippen MR) is 88.6 cm³/mol. The van der Waals surface area contributed by atoms with Crippen molar-refractivity contribution in [3.63, 3.8) is 0 Å². The molecule has 1 aliphatic heterocycles. The highest BCUT2D eigenvalue weighted by Crippen LogP contribution is 2.38. The van der Waals surface area contributed by atoms with Gasteiger partial charge in [0.2, 0.25) is 11.8 Å². The number of benzene rings is 2. The van der Waals surface area contributed by atoms with Crippen LogP contribution in [0.5, 0.6) is 5.75 Å². The second-order valence-electron chi connectivity index (χ2n) is 5.45. The van der Waals surface area contributed by atoms with Crippen LogP contribution in [0.4, 0.5) is 11.4 Å². The van der Waals surface area contributed by atoms with Gasteiger partial charge in [0.1, 0.15) is 5.75 Å². The normalized spacial score (nSPS) is 17.0. The van der Waals surface area contributed by atoms with E-state index < -0.39 is 0 Å². The van der Waals surface area contributed by atoms with Gasteiger partial charge in [-0.05, 0) is 29.8 Å². The molecule has 1 aliphatic rings. The van der Waals surface area contributed by atoms with Gasteiger partial charge in [-0.3, -0.25) is 9.59 Å². The van der Waals surface area contributed by atoms with Crippen molar-refractivity contribution >= 4 is 23.2 Å². The molecule has 0 radical (unpaired) electrons. The largest absolute Gasteiger partial charge is 0.497 e. The Morgan fingerprint density at radius 1 is 1.22 bits per heavy atom. The molecule has 5 heteroatoms. The van der Waals surface area contributed by atoms with E-state index in [1.54, 1.807) is 18.1 Å². The Kier molecular flexibility index (Phi) is 4.02. The first kappa shape index (κ1) is 15.1. The fourth-order valence-electron chi connectivity index (χ4n) is 2.93. The maximum atomic E-state index is 12.3. The number of para-hydroxylation sites is 2. The predicted octanol–water partition coefficient (Wildman–Crippen LogP) is 3.13. The number of fused-ring (bicyclic) bond motifs is 1. The molecule has 0 saturated heterocycles. The van der Waals surface area contributed by atoms with E-state index in [1.807, 2.05) is 42.5 Å². The Balaban J connectivity index is 2.13. The van der Waals surface area contributed by atoms with Crippen LogP contribution >= 0.6 is 0 Å².